The van der Waals surface area contributed by atoms with Gasteiger partial charge in [0.1, 0.15) is 0 Å². The molecule has 20 heavy (non-hydrogen) atoms. The fraction of sp³-hybridized carbons (Fsp3) is 0.500. The maximum atomic E-state index is 11.2. The first-order valence-electron chi connectivity index (χ1n) is 6.37. The van der Waals surface area contributed by atoms with Gasteiger partial charge >= 0.3 is 5.97 Å². The Kier molecular flexibility index (Phi) is 6.16. The van der Waals surface area contributed by atoms with Crippen molar-refractivity contribution < 1.29 is 22.1 Å². The Balaban J connectivity index is 2.82. The van der Waals surface area contributed by atoms with Gasteiger partial charge in [-0.25, -0.2) is 0 Å². The van der Waals surface area contributed by atoms with E-state index >= 15 is 0 Å². The van der Waals surface area contributed by atoms with Crippen molar-refractivity contribution in [3.63, 3.8) is 0 Å². The maximum Gasteiger partial charge on any atom is 0.305 e. The fourth-order valence-electron chi connectivity index (χ4n) is 1.79. The summed E-state index contributed by atoms with van der Waals surface area (Å²) in [7, 11) is -2.10. The normalized spacial score (nSPS) is 11.3. The highest BCUT2D eigenvalue weighted by Crippen LogP contribution is 2.15. The van der Waals surface area contributed by atoms with Crippen molar-refractivity contribution in [2.24, 2.45) is 0 Å². The highest BCUT2D eigenvalue weighted by molar-refractivity contribution is 7.85. The molecule has 5 nitrogen and oxygen atoms in total. The molecule has 0 fully saturated rings. The van der Waals surface area contributed by atoms with Crippen LogP contribution < -0.4 is 0 Å². The van der Waals surface area contributed by atoms with Gasteiger partial charge in [0.25, 0.3) is 10.1 Å². The van der Waals surface area contributed by atoms with Crippen LogP contribution in [-0.4, -0.2) is 27.8 Å². The third-order valence-corrected chi connectivity index (χ3v) is 3.35. The fourth-order valence-corrected chi connectivity index (χ4v) is 2.14. The van der Waals surface area contributed by atoms with Crippen LogP contribution in [0.3, 0.4) is 0 Å². The first kappa shape index (κ1) is 16.7. The van der Waals surface area contributed by atoms with Crippen LogP contribution in [0.15, 0.2) is 18.2 Å². The van der Waals surface area contributed by atoms with E-state index in [1.807, 2.05) is 25.1 Å². The maximum absolute atomic E-state index is 11.2. The molecule has 0 N–H and O–H groups in total. The summed E-state index contributed by atoms with van der Waals surface area (Å²) in [5, 5.41) is 0. The van der Waals surface area contributed by atoms with Crippen molar-refractivity contribution >= 4 is 16.1 Å². The van der Waals surface area contributed by atoms with Gasteiger partial charge in [0, 0.05) is 6.42 Å². The van der Waals surface area contributed by atoms with Gasteiger partial charge in [0.2, 0.25) is 0 Å². The van der Waals surface area contributed by atoms with Crippen molar-refractivity contribution in [2.75, 3.05) is 13.4 Å². The molecule has 0 saturated carbocycles. The zero-order valence-electron chi connectivity index (χ0n) is 12.0. The zero-order chi connectivity index (χ0) is 15.2. The second-order valence-electron chi connectivity index (χ2n) is 4.55. The van der Waals surface area contributed by atoms with Crippen molar-refractivity contribution in [2.45, 2.75) is 32.8 Å². The summed E-state index contributed by atoms with van der Waals surface area (Å²) in [6.45, 7) is 2.03. The molecular weight excluding hydrogens is 280 g/mol. The Morgan fingerprint density at radius 3 is 2.30 bits per heavy atom. The van der Waals surface area contributed by atoms with Crippen molar-refractivity contribution in [1.82, 2.24) is 0 Å². The molecule has 0 amide bonds. The number of methoxy groups -OCH3 is 1. The van der Waals surface area contributed by atoms with Crippen LogP contribution in [0.1, 0.15) is 30.0 Å². The van der Waals surface area contributed by atoms with Gasteiger partial charge in [0.05, 0.1) is 20.0 Å². The summed E-state index contributed by atoms with van der Waals surface area (Å²) >= 11 is 0. The lowest BCUT2D eigenvalue weighted by atomic mass is 10.0. The molecule has 0 aliphatic heterocycles. The van der Waals surface area contributed by atoms with Crippen LogP contribution >= 0.6 is 0 Å². The van der Waals surface area contributed by atoms with Crippen LogP contribution in [0.2, 0.25) is 0 Å². The van der Waals surface area contributed by atoms with E-state index in [4.69, 9.17) is 4.18 Å². The number of carbonyl (C=O) groups is 1. The molecule has 0 spiro atoms. The Labute approximate surface area is 120 Å². The topological polar surface area (TPSA) is 69.7 Å². The van der Waals surface area contributed by atoms with Crippen LogP contribution in [0.5, 0.6) is 0 Å². The summed E-state index contributed by atoms with van der Waals surface area (Å²) in [5.74, 6) is -0.263. The number of ether oxygens (including phenoxy) is 1. The third kappa shape index (κ3) is 6.16. The molecule has 0 unspecified atom stereocenters. The molecule has 1 rings (SSSR count). The zero-order valence-corrected chi connectivity index (χ0v) is 12.8. The van der Waals surface area contributed by atoms with Gasteiger partial charge in [-0.3, -0.25) is 8.98 Å². The second-order valence-corrected chi connectivity index (χ2v) is 6.20. The minimum Gasteiger partial charge on any atom is -0.469 e. The highest BCUT2D eigenvalue weighted by atomic mass is 32.2. The average molecular weight is 300 g/mol. The van der Waals surface area contributed by atoms with Gasteiger partial charge in [-0.1, -0.05) is 25.1 Å². The molecule has 0 saturated heterocycles. The molecule has 0 heterocycles. The predicted octanol–water partition coefficient (Wildman–Crippen LogP) is 1.83. The second kappa shape index (κ2) is 7.40. The summed E-state index contributed by atoms with van der Waals surface area (Å²) in [6, 6.07) is 5.77. The minimum atomic E-state index is -3.46. The van der Waals surface area contributed by atoms with E-state index in [0.29, 0.717) is 12.8 Å². The average Bonchev–Trinajstić information content (AvgIpc) is 2.41. The van der Waals surface area contributed by atoms with Crippen LogP contribution in [-0.2, 0) is 43.3 Å². The molecule has 0 aliphatic rings. The van der Waals surface area contributed by atoms with Crippen molar-refractivity contribution in [3.05, 3.63) is 34.9 Å². The molecule has 0 radical (unpaired) electrons. The number of rotatable bonds is 7. The lowest BCUT2D eigenvalue weighted by Gasteiger charge is -2.08. The van der Waals surface area contributed by atoms with E-state index in [9.17, 15) is 13.2 Å². The van der Waals surface area contributed by atoms with Gasteiger partial charge in [-0.15, -0.1) is 0 Å². The number of carbonyl (C=O) groups excluding carboxylic acids is 1. The molecule has 1 aromatic carbocycles. The van der Waals surface area contributed by atoms with Crippen LogP contribution in [0, 0.1) is 0 Å². The Morgan fingerprint density at radius 2 is 1.75 bits per heavy atom. The van der Waals surface area contributed by atoms with E-state index in [-0.39, 0.29) is 12.6 Å². The van der Waals surface area contributed by atoms with Gasteiger partial charge in [-0.05, 0) is 29.5 Å². The first-order chi connectivity index (χ1) is 9.34. The number of esters is 1. The summed E-state index contributed by atoms with van der Waals surface area (Å²) in [5.41, 5.74) is 2.84. The Hall–Kier alpha value is -1.40. The Bertz CT molecular complexity index is 563. The van der Waals surface area contributed by atoms with Gasteiger partial charge < -0.3 is 4.74 Å². The summed E-state index contributed by atoms with van der Waals surface area (Å²) in [4.78, 5) is 11.2. The SMILES string of the molecule is CCc1cc(CCC(=O)OC)cc(COS(C)(=O)=O)c1. The van der Waals surface area contributed by atoms with Crippen molar-refractivity contribution in [1.29, 1.82) is 0 Å². The lowest BCUT2D eigenvalue weighted by Crippen LogP contribution is -2.05. The van der Waals surface area contributed by atoms with Gasteiger partial charge in [0.15, 0.2) is 0 Å². The molecule has 112 valence electrons. The van der Waals surface area contributed by atoms with Crippen LogP contribution in [0.4, 0.5) is 0 Å². The first-order valence-corrected chi connectivity index (χ1v) is 8.18. The van der Waals surface area contributed by atoms with E-state index in [1.54, 1.807) is 0 Å². The van der Waals surface area contributed by atoms with Gasteiger partial charge in [-0.2, -0.15) is 8.42 Å². The molecular formula is C14H20O5S. The van der Waals surface area contributed by atoms with E-state index < -0.39 is 10.1 Å². The molecule has 0 bridgehead atoms. The van der Waals surface area contributed by atoms with Crippen LogP contribution in [0.25, 0.3) is 0 Å². The smallest absolute Gasteiger partial charge is 0.305 e. The predicted molar refractivity (Wildman–Crippen MR) is 75.8 cm³/mol. The molecule has 0 aliphatic carbocycles. The standard InChI is InChI=1S/C14H20O5S/c1-4-11-7-12(5-6-14(15)18-2)9-13(8-11)10-19-20(3,16)17/h7-9H,4-6,10H2,1-3H3. The monoisotopic (exact) mass is 300 g/mol. The van der Waals surface area contributed by atoms with E-state index in [2.05, 4.69) is 4.74 Å². The Morgan fingerprint density at radius 1 is 1.15 bits per heavy atom. The summed E-state index contributed by atoms with van der Waals surface area (Å²) in [6.07, 6.45) is 2.72. The largest absolute Gasteiger partial charge is 0.469 e. The molecule has 1 aromatic rings. The van der Waals surface area contributed by atoms with E-state index in [0.717, 1.165) is 29.4 Å². The number of hydrogen-bond donors (Lipinski definition) is 0. The highest BCUT2D eigenvalue weighted by Gasteiger charge is 2.07. The molecule has 6 heteroatoms. The number of aryl methyl sites for hydroxylation is 2. The molecule has 0 atom stereocenters. The number of benzene rings is 1. The van der Waals surface area contributed by atoms with Crippen molar-refractivity contribution in [3.8, 4) is 0 Å². The van der Waals surface area contributed by atoms with E-state index in [1.165, 1.54) is 7.11 Å². The molecule has 0 aromatic heterocycles. The minimum absolute atomic E-state index is 0.0118. The quantitative estimate of drug-likeness (QED) is 0.567. The third-order valence-electron chi connectivity index (χ3n) is 2.81. The summed E-state index contributed by atoms with van der Waals surface area (Å²) < 4.78 is 31.4. The lowest BCUT2D eigenvalue weighted by molar-refractivity contribution is -0.140. The number of hydrogen-bond acceptors (Lipinski definition) is 5.